The normalized spacial score (nSPS) is 13.2. The Morgan fingerprint density at radius 3 is 2.65 bits per heavy atom. The van der Waals surface area contributed by atoms with Crippen LogP contribution in [0.2, 0.25) is 5.02 Å². The number of nitrogens with zero attached hydrogens (tertiary/aromatic N) is 1. The van der Waals surface area contributed by atoms with Crippen LogP contribution in [0.5, 0.6) is 0 Å². The Kier molecular flexibility index (Phi) is 5.82. The van der Waals surface area contributed by atoms with Gasteiger partial charge in [-0.25, -0.2) is 13.2 Å². The highest BCUT2D eigenvalue weighted by Gasteiger charge is 2.32. The fraction of sp³-hybridized carbons (Fsp3) is 0.100. The number of sulfonamides is 1. The summed E-state index contributed by atoms with van der Waals surface area (Å²) in [7, 11) is -3.87. The first-order valence-electron chi connectivity index (χ1n) is 8.92. The number of amides is 1. The second-order valence-electron chi connectivity index (χ2n) is 6.67. The van der Waals surface area contributed by atoms with Crippen molar-refractivity contribution < 1.29 is 23.1 Å². The molecule has 0 atom stereocenters. The molecule has 1 amide bonds. The molecule has 1 aromatic heterocycles. The van der Waals surface area contributed by atoms with E-state index in [-0.39, 0.29) is 26.9 Å². The van der Waals surface area contributed by atoms with E-state index in [0.29, 0.717) is 21.6 Å². The first kappa shape index (κ1) is 21.8. The minimum absolute atomic E-state index is 0.0136. The molecule has 31 heavy (non-hydrogen) atoms. The Morgan fingerprint density at radius 2 is 1.90 bits per heavy atom. The van der Waals surface area contributed by atoms with Gasteiger partial charge in [-0.3, -0.25) is 9.10 Å². The highest BCUT2D eigenvalue weighted by atomic mass is 79.9. The van der Waals surface area contributed by atoms with Gasteiger partial charge in [0.15, 0.2) is 0 Å². The number of aromatic carboxylic acids is 1. The lowest BCUT2D eigenvalue weighted by molar-refractivity contribution is 0.0698. The Labute approximate surface area is 195 Å². The molecule has 0 saturated carbocycles. The Balaban J connectivity index is 1.60. The lowest BCUT2D eigenvalue weighted by atomic mass is 10.2. The van der Waals surface area contributed by atoms with Gasteiger partial charge in [0.25, 0.3) is 15.9 Å². The highest BCUT2D eigenvalue weighted by molar-refractivity contribution is 9.10. The number of anilines is 2. The number of thiophene rings is 1. The summed E-state index contributed by atoms with van der Waals surface area (Å²) in [5, 5.41) is 12.3. The van der Waals surface area contributed by atoms with Gasteiger partial charge >= 0.3 is 5.97 Å². The van der Waals surface area contributed by atoms with Gasteiger partial charge in [0.05, 0.1) is 21.8 Å². The quantitative estimate of drug-likeness (QED) is 0.480. The van der Waals surface area contributed by atoms with Gasteiger partial charge in [0.2, 0.25) is 0 Å². The molecule has 0 bridgehead atoms. The monoisotopic (exact) mass is 540 g/mol. The summed E-state index contributed by atoms with van der Waals surface area (Å²) in [6.45, 7) is 0.290. The third-order valence-electron chi connectivity index (χ3n) is 4.71. The first-order chi connectivity index (χ1) is 14.7. The molecule has 0 aliphatic carbocycles. The maximum atomic E-state index is 13.2. The number of fused-ring (bicyclic) bond motifs is 1. The van der Waals surface area contributed by atoms with Crippen molar-refractivity contribution in [1.82, 2.24) is 0 Å². The number of halogens is 2. The van der Waals surface area contributed by atoms with Crippen molar-refractivity contribution in [1.29, 1.82) is 0 Å². The summed E-state index contributed by atoms with van der Waals surface area (Å²) in [6, 6.07) is 12.3. The molecule has 1 aliphatic heterocycles. The molecule has 11 heteroatoms. The predicted octanol–water partition coefficient (Wildman–Crippen LogP) is 4.87. The molecule has 160 valence electrons. The van der Waals surface area contributed by atoms with E-state index >= 15 is 0 Å². The molecule has 2 N–H and O–H groups in total. The predicted molar refractivity (Wildman–Crippen MR) is 123 cm³/mol. The summed E-state index contributed by atoms with van der Waals surface area (Å²) >= 11 is 10.1. The zero-order valence-corrected chi connectivity index (χ0v) is 19.6. The Bertz CT molecular complexity index is 1320. The standard InChI is InChI=1S/C20H14BrClN2O5S2/c21-12-2-4-15(14(9-12)20(26)27)23-19(25)17-5-6-18(30-17)31(28,29)24-8-7-11-1-3-13(22)10-16(11)24/h1-6,9-10H,7-8H2,(H,23,25)(H,26,27). The fourth-order valence-electron chi connectivity index (χ4n) is 3.25. The third kappa shape index (κ3) is 4.20. The van der Waals surface area contributed by atoms with Crippen LogP contribution >= 0.6 is 38.9 Å². The molecular formula is C20H14BrClN2O5S2. The van der Waals surface area contributed by atoms with Crippen molar-refractivity contribution in [3.63, 3.8) is 0 Å². The van der Waals surface area contributed by atoms with E-state index < -0.39 is 21.9 Å². The molecule has 0 fully saturated rings. The molecule has 0 unspecified atom stereocenters. The maximum absolute atomic E-state index is 13.2. The highest BCUT2D eigenvalue weighted by Crippen LogP contribution is 2.36. The molecule has 1 aliphatic rings. The fourth-order valence-corrected chi connectivity index (χ4v) is 6.59. The molecule has 3 aromatic rings. The summed E-state index contributed by atoms with van der Waals surface area (Å²) in [5.41, 5.74) is 1.45. The van der Waals surface area contributed by atoms with Crippen molar-refractivity contribution >= 4 is 72.1 Å². The van der Waals surface area contributed by atoms with Crippen molar-refractivity contribution in [2.24, 2.45) is 0 Å². The van der Waals surface area contributed by atoms with E-state index in [2.05, 4.69) is 21.2 Å². The number of carbonyl (C=O) groups is 2. The summed E-state index contributed by atoms with van der Waals surface area (Å²) in [4.78, 5) is 24.2. The molecule has 0 saturated heterocycles. The van der Waals surface area contributed by atoms with Crippen LogP contribution in [-0.2, 0) is 16.4 Å². The lowest BCUT2D eigenvalue weighted by Crippen LogP contribution is -2.28. The Morgan fingerprint density at radius 1 is 1.13 bits per heavy atom. The second-order valence-corrected chi connectivity index (χ2v) is 11.2. The van der Waals surface area contributed by atoms with Crippen molar-refractivity contribution in [2.75, 3.05) is 16.2 Å². The maximum Gasteiger partial charge on any atom is 0.337 e. The molecular weight excluding hydrogens is 528 g/mol. The van der Waals surface area contributed by atoms with Crippen LogP contribution in [0.3, 0.4) is 0 Å². The van der Waals surface area contributed by atoms with E-state index in [4.69, 9.17) is 11.6 Å². The van der Waals surface area contributed by atoms with Crippen LogP contribution in [0, 0.1) is 0 Å². The van der Waals surface area contributed by atoms with Gasteiger partial charge < -0.3 is 10.4 Å². The molecule has 2 heterocycles. The van der Waals surface area contributed by atoms with Crippen molar-refractivity contribution in [3.8, 4) is 0 Å². The third-order valence-corrected chi connectivity index (χ3v) is 8.80. The zero-order chi connectivity index (χ0) is 22.3. The molecule has 4 rings (SSSR count). The number of hydrogen-bond acceptors (Lipinski definition) is 5. The first-order valence-corrected chi connectivity index (χ1v) is 12.3. The van der Waals surface area contributed by atoms with Crippen LogP contribution in [0.4, 0.5) is 11.4 Å². The van der Waals surface area contributed by atoms with E-state index in [1.165, 1.54) is 28.6 Å². The number of nitrogens with one attached hydrogen (secondary N) is 1. The Hall–Kier alpha value is -2.40. The van der Waals surface area contributed by atoms with Gasteiger partial charge in [0.1, 0.15) is 4.21 Å². The minimum atomic E-state index is -3.87. The number of carbonyl (C=O) groups excluding carboxylic acids is 1. The van der Waals surface area contributed by atoms with Gasteiger partial charge in [-0.15, -0.1) is 11.3 Å². The summed E-state index contributed by atoms with van der Waals surface area (Å²) in [6.07, 6.45) is 0.575. The van der Waals surface area contributed by atoms with E-state index in [1.807, 2.05) is 0 Å². The van der Waals surface area contributed by atoms with Gasteiger partial charge in [0, 0.05) is 16.0 Å². The number of benzene rings is 2. The topological polar surface area (TPSA) is 104 Å². The largest absolute Gasteiger partial charge is 0.478 e. The van der Waals surface area contributed by atoms with E-state index in [9.17, 15) is 23.1 Å². The van der Waals surface area contributed by atoms with Crippen LogP contribution in [0.15, 0.2) is 57.2 Å². The molecule has 0 spiro atoms. The number of carboxylic acids is 1. The summed E-state index contributed by atoms with van der Waals surface area (Å²) in [5.74, 6) is -1.79. The molecule has 0 radical (unpaired) electrons. The smallest absolute Gasteiger partial charge is 0.337 e. The molecule has 2 aromatic carbocycles. The average molecular weight is 542 g/mol. The lowest BCUT2D eigenvalue weighted by Gasteiger charge is -2.18. The average Bonchev–Trinajstić information content (AvgIpc) is 3.36. The number of carboxylic acid groups (broad SMARTS) is 1. The van der Waals surface area contributed by atoms with E-state index in [0.717, 1.165) is 16.9 Å². The number of hydrogen-bond donors (Lipinski definition) is 2. The van der Waals surface area contributed by atoms with Crippen LogP contribution in [-0.4, -0.2) is 31.9 Å². The summed E-state index contributed by atoms with van der Waals surface area (Å²) < 4.78 is 28.2. The second kappa shape index (κ2) is 8.27. The van der Waals surface area contributed by atoms with Gasteiger partial charge in [-0.1, -0.05) is 33.6 Å². The SMILES string of the molecule is O=C(Nc1ccc(Br)cc1C(=O)O)c1ccc(S(=O)(=O)N2CCc3ccc(Cl)cc32)s1. The van der Waals surface area contributed by atoms with Crippen LogP contribution in [0.25, 0.3) is 0 Å². The molecule has 7 nitrogen and oxygen atoms in total. The van der Waals surface area contributed by atoms with Crippen LogP contribution in [0.1, 0.15) is 25.6 Å². The van der Waals surface area contributed by atoms with E-state index in [1.54, 1.807) is 24.3 Å². The van der Waals surface area contributed by atoms with Crippen molar-refractivity contribution in [2.45, 2.75) is 10.6 Å². The minimum Gasteiger partial charge on any atom is -0.478 e. The van der Waals surface area contributed by atoms with Gasteiger partial charge in [-0.05, 0) is 54.4 Å². The van der Waals surface area contributed by atoms with Gasteiger partial charge in [-0.2, -0.15) is 0 Å². The van der Waals surface area contributed by atoms with Crippen molar-refractivity contribution in [3.05, 3.63) is 74.0 Å². The zero-order valence-electron chi connectivity index (χ0n) is 15.6. The van der Waals surface area contributed by atoms with Crippen LogP contribution < -0.4 is 9.62 Å². The number of rotatable bonds is 5.